The van der Waals surface area contributed by atoms with Gasteiger partial charge in [-0.05, 0) is 5.41 Å². The van der Waals surface area contributed by atoms with Crippen molar-refractivity contribution in [2.75, 3.05) is 0 Å². The average molecular weight is 180 g/mol. The summed E-state index contributed by atoms with van der Waals surface area (Å²) in [6.45, 7) is 13.3. The highest BCUT2D eigenvalue weighted by atomic mass is 15.2. The molecule has 2 heteroatoms. The average Bonchev–Trinajstić information content (AvgIpc) is 2.27. The van der Waals surface area contributed by atoms with Crippen LogP contribution in [-0.2, 0) is 0 Å². The second-order valence-electron chi connectivity index (χ2n) is 5.84. The van der Waals surface area contributed by atoms with Crippen LogP contribution in [0.2, 0.25) is 0 Å². The maximum atomic E-state index is 4.24. The van der Waals surface area contributed by atoms with E-state index in [-0.39, 0.29) is 10.8 Å². The Bertz CT molecular complexity index is 248. The van der Waals surface area contributed by atoms with E-state index in [1.54, 1.807) is 0 Å². The Labute approximate surface area is 81.1 Å². The van der Waals surface area contributed by atoms with Crippen LogP contribution in [0.15, 0.2) is 10.2 Å². The van der Waals surface area contributed by atoms with Crippen molar-refractivity contribution in [1.82, 2.24) is 0 Å². The lowest BCUT2D eigenvalue weighted by molar-refractivity contribution is 0.367. The molecule has 0 aromatic carbocycles. The molecule has 1 heterocycles. The number of nitrogens with zero attached hydrogens (tertiary/aromatic N) is 2. The second kappa shape index (κ2) is 2.93. The molecular formula is C11H20N2. The van der Waals surface area contributed by atoms with Crippen LogP contribution in [0.25, 0.3) is 0 Å². The predicted octanol–water partition coefficient (Wildman–Crippen LogP) is 3.14. The van der Waals surface area contributed by atoms with E-state index in [4.69, 9.17) is 0 Å². The number of hydrogen-bond donors (Lipinski definition) is 0. The van der Waals surface area contributed by atoms with E-state index in [1.807, 2.05) is 6.21 Å². The van der Waals surface area contributed by atoms with Gasteiger partial charge in [0.1, 0.15) is 0 Å². The minimum Gasteiger partial charge on any atom is -0.163 e. The summed E-state index contributed by atoms with van der Waals surface area (Å²) in [4.78, 5) is 0. The first-order valence-corrected chi connectivity index (χ1v) is 4.84. The smallest absolute Gasteiger partial charge is 0.0549 e. The van der Waals surface area contributed by atoms with Gasteiger partial charge >= 0.3 is 0 Å². The van der Waals surface area contributed by atoms with Crippen LogP contribution in [0.5, 0.6) is 0 Å². The highest BCUT2D eigenvalue weighted by Gasteiger charge is 2.36. The van der Waals surface area contributed by atoms with Crippen molar-refractivity contribution in [3.63, 3.8) is 0 Å². The van der Waals surface area contributed by atoms with Gasteiger partial charge in [-0.3, -0.25) is 0 Å². The van der Waals surface area contributed by atoms with Gasteiger partial charge < -0.3 is 0 Å². The Kier molecular flexibility index (Phi) is 2.35. The van der Waals surface area contributed by atoms with Crippen LogP contribution in [0, 0.1) is 16.7 Å². The molecule has 13 heavy (non-hydrogen) atoms. The molecule has 0 aromatic heterocycles. The van der Waals surface area contributed by atoms with Crippen LogP contribution in [0.1, 0.15) is 41.5 Å². The zero-order valence-corrected chi connectivity index (χ0v) is 9.55. The molecule has 1 rings (SSSR count). The highest BCUT2D eigenvalue weighted by Crippen LogP contribution is 2.35. The van der Waals surface area contributed by atoms with Gasteiger partial charge in [-0.1, -0.05) is 41.5 Å². The van der Waals surface area contributed by atoms with E-state index in [2.05, 4.69) is 51.7 Å². The molecule has 0 bridgehead atoms. The fraction of sp³-hybridized carbons (Fsp3) is 0.818. The van der Waals surface area contributed by atoms with Gasteiger partial charge in [0.15, 0.2) is 0 Å². The lowest BCUT2D eigenvalue weighted by Crippen LogP contribution is -2.35. The molecule has 0 aliphatic carbocycles. The molecule has 1 aliphatic rings. The first-order chi connectivity index (χ1) is 5.73. The Morgan fingerprint density at radius 2 is 1.62 bits per heavy atom. The Morgan fingerprint density at radius 1 is 1.08 bits per heavy atom. The molecule has 0 aromatic rings. The molecule has 0 radical (unpaired) electrons. The minimum atomic E-state index is 0.133. The summed E-state index contributed by atoms with van der Waals surface area (Å²) < 4.78 is 0. The maximum Gasteiger partial charge on any atom is 0.0549 e. The maximum absolute atomic E-state index is 4.24. The quantitative estimate of drug-likeness (QED) is 0.547. The fourth-order valence-electron chi connectivity index (χ4n) is 1.55. The van der Waals surface area contributed by atoms with Crippen LogP contribution >= 0.6 is 0 Å². The largest absolute Gasteiger partial charge is 0.163 e. The summed E-state index contributed by atoms with van der Waals surface area (Å²) in [5.41, 5.74) is 1.57. The minimum absolute atomic E-state index is 0.133. The van der Waals surface area contributed by atoms with Gasteiger partial charge in [-0.15, -0.1) is 0 Å². The Hall–Kier alpha value is -0.660. The standard InChI is InChI=1S/C11H20N2/c1-10(2,3)8-7-12-13-9(8)11(4,5)6/h7-8H,1-6H3. The predicted molar refractivity (Wildman–Crippen MR) is 58.3 cm³/mol. The third kappa shape index (κ3) is 2.17. The van der Waals surface area contributed by atoms with E-state index >= 15 is 0 Å². The van der Waals surface area contributed by atoms with E-state index < -0.39 is 0 Å². The molecule has 0 fully saturated rings. The second-order valence-corrected chi connectivity index (χ2v) is 5.84. The Balaban J connectivity index is 2.92. The number of rotatable bonds is 0. The van der Waals surface area contributed by atoms with Crippen LogP contribution in [0.4, 0.5) is 0 Å². The van der Waals surface area contributed by atoms with Crippen LogP contribution < -0.4 is 0 Å². The molecule has 0 saturated heterocycles. The van der Waals surface area contributed by atoms with Crippen molar-refractivity contribution in [2.24, 2.45) is 27.0 Å². The van der Waals surface area contributed by atoms with Gasteiger partial charge in [0.05, 0.1) is 5.71 Å². The molecule has 1 atom stereocenters. The van der Waals surface area contributed by atoms with Gasteiger partial charge in [-0.25, -0.2) is 0 Å². The topological polar surface area (TPSA) is 24.7 Å². The molecule has 0 amide bonds. The van der Waals surface area contributed by atoms with Crippen molar-refractivity contribution in [2.45, 2.75) is 41.5 Å². The summed E-state index contributed by atoms with van der Waals surface area (Å²) in [5, 5.41) is 8.28. The zero-order chi connectivity index (χ0) is 10.3. The third-order valence-electron chi connectivity index (χ3n) is 2.38. The third-order valence-corrected chi connectivity index (χ3v) is 2.38. The summed E-state index contributed by atoms with van der Waals surface area (Å²) in [6.07, 6.45) is 1.97. The van der Waals surface area contributed by atoms with Gasteiger partial charge in [-0.2, -0.15) is 10.2 Å². The summed E-state index contributed by atoms with van der Waals surface area (Å²) >= 11 is 0. The lowest BCUT2D eigenvalue weighted by Gasteiger charge is -2.31. The monoisotopic (exact) mass is 180 g/mol. The molecular weight excluding hydrogens is 160 g/mol. The van der Waals surface area contributed by atoms with E-state index in [0.717, 1.165) is 0 Å². The first-order valence-electron chi connectivity index (χ1n) is 4.84. The molecule has 0 spiro atoms. The van der Waals surface area contributed by atoms with Gasteiger partial charge in [0, 0.05) is 17.5 Å². The fourth-order valence-corrected chi connectivity index (χ4v) is 1.55. The molecule has 1 unspecified atom stereocenters. The van der Waals surface area contributed by atoms with Crippen molar-refractivity contribution in [3.05, 3.63) is 0 Å². The summed E-state index contributed by atoms with van der Waals surface area (Å²) in [7, 11) is 0. The van der Waals surface area contributed by atoms with Gasteiger partial charge in [0.2, 0.25) is 0 Å². The van der Waals surface area contributed by atoms with Crippen molar-refractivity contribution in [1.29, 1.82) is 0 Å². The van der Waals surface area contributed by atoms with Gasteiger partial charge in [0.25, 0.3) is 0 Å². The van der Waals surface area contributed by atoms with E-state index in [1.165, 1.54) is 5.71 Å². The van der Waals surface area contributed by atoms with Crippen molar-refractivity contribution < 1.29 is 0 Å². The highest BCUT2D eigenvalue weighted by molar-refractivity contribution is 6.04. The molecule has 74 valence electrons. The van der Waals surface area contributed by atoms with E-state index in [0.29, 0.717) is 5.92 Å². The SMILES string of the molecule is CC(C)(C)C1=NN=CC1C(C)(C)C. The van der Waals surface area contributed by atoms with Crippen molar-refractivity contribution >= 4 is 11.9 Å². The van der Waals surface area contributed by atoms with Crippen molar-refractivity contribution in [3.8, 4) is 0 Å². The van der Waals surface area contributed by atoms with E-state index in [9.17, 15) is 0 Å². The number of hydrogen-bond acceptors (Lipinski definition) is 2. The summed E-state index contributed by atoms with van der Waals surface area (Å²) in [6, 6.07) is 0. The molecule has 2 nitrogen and oxygen atoms in total. The van der Waals surface area contributed by atoms with Crippen LogP contribution in [-0.4, -0.2) is 11.9 Å². The summed E-state index contributed by atoms with van der Waals surface area (Å²) in [5.74, 6) is 0.396. The lowest BCUT2D eigenvalue weighted by atomic mass is 9.71. The van der Waals surface area contributed by atoms with Crippen LogP contribution in [0.3, 0.4) is 0 Å². The molecule has 0 N–H and O–H groups in total. The Morgan fingerprint density at radius 3 is 1.92 bits per heavy atom. The normalized spacial score (nSPS) is 23.5. The molecule has 0 saturated carbocycles. The molecule has 1 aliphatic heterocycles. The first kappa shape index (κ1) is 10.4. The zero-order valence-electron chi connectivity index (χ0n) is 9.55.